The van der Waals surface area contributed by atoms with Gasteiger partial charge in [0.05, 0.1) is 5.02 Å². The lowest BCUT2D eigenvalue weighted by Crippen LogP contribution is -2.35. The predicted molar refractivity (Wildman–Crippen MR) is 92.2 cm³/mol. The minimum Gasteiger partial charge on any atom is -0.453 e. The van der Waals surface area contributed by atoms with Gasteiger partial charge < -0.3 is 15.4 Å². The van der Waals surface area contributed by atoms with Crippen LogP contribution in [0.15, 0.2) is 53.2 Å². The third-order valence-electron chi connectivity index (χ3n) is 3.42. The maximum Gasteiger partial charge on any atom is 0.178 e. The summed E-state index contributed by atoms with van der Waals surface area (Å²) in [6.07, 6.45) is 1.60. The van der Waals surface area contributed by atoms with Crippen molar-refractivity contribution in [3.8, 4) is 11.5 Å². The fourth-order valence-corrected chi connectivity index (χ4v) is 3.39. The van der Waals surface area contributed by atoms with Gasteiger partial charge in [-0.25, -0.2) is 4.98 Å². The van der Waals surface area contributed by atoms with Crippen molar-refractivity contribution < 1.29 is 4.74 Å². The van der Waals surface area contributed by atoms with Crippen LogP contribution in [0.2, 0.25) is 5.02 Å². The topological polar surface area (TPSA) is 51.4 Å². The van der Waals surface area contributed by atoms with Gasteiger partial charge in [0.2, 0.25) is 0 Å². The van der Waals surface area contributed by atoms with Crippen molar-refractivity contribution in [3.63, 3.8) is 0 Å². The molecule has 4 nitrogen and oxygen atoms in total. The Hall–Kier alpha value is -1.69. The van der Waals surface area contributed by atoms with Crippen LogP contribution in [0.4, 0.5) is 5.82 Å². The average molecular weight is 334 g/mol. The molecule has 1 unspecified atom stereocenters. The molecule has 0 bridgehead atoms. The largest absolute Gasteiger partial charge is 0.453 e. The number of thioether (sulfide) groups is 1. The van der Waals surface area contributed by atoms with E-state index in [1.807, 2.05) is 49.1 Å². The standard InChI is InChI=1S/C16H16ClN3OS/c1-10-11(2)22-16(18)20(10)15-14(8-12(17)9-19-15)21-13-6-4-3-5-7-13/h3-9,16H,18H2,1-2H3. The minimum atomic E-state index is -0.216. The number of hydrogen-bond acceptors (Lipinski definition) is 5. The SMILES string of the molecule is CC1=C(C)N(c2ncc(Cl)cc2Oc2ccccc2)C(N)S1. The molecule has 6 heteroatoms. The summed E-state index contributed by atoms with van der Waals surface area (Å²) in [6.45, 7) is 4.07. The second-order valence-corrected chi connectivity index (χ2v) is 6.68. The molecular formula is C16H16ClN3OS. The van der Waals surface area contributed by atoms with E-state index in [-0.39, 0.29) is 5.50 Å². The van der Waals surface area contributed by atoms with E-state index in [4.69, 9.17) is 22.1 Å². The molecule has 2 heterocycles. The third-order valence-corrected chi connectivity index (χ3v) is 4.73. The van der Waals surface area contributed by atoms with E-state index < -0.39 is 0 Å². The Bertz CT molecular complexity index is 721. The van der Waals surface area contributed by atoms with Gasteiger partial charge in [0.1, 0.15) is 11.2 Å². The summed E-state index contributed by atoms with van der Waals surface area (Å²) in [5, 5.41) is 0.522. The summed E-state index contributed by atoms with van der Waals surface area (Å²) in [4.78, 5) is 7.58. The van der Waals surface area contributed by atoms with E-state index in [0.717, 1.165) is 11.4 Å². The Morgan fingerprint density at radius 1 is 1.27 bits per heavy atom. The summed E-state index contributed by atoms with van der Waals surface area (Å²) >= 11 is 7.69. The third kappa shape index (κ3) is 2.92. The molecule has 1 aromatic carbocycles. The summed E-state index contributed by atoms with van der Waals surface area (Å²) in [7, 11) is 0. The monoisotopic (exact) mass is 333 g/mol. The second kappa shape index (κ2) is 6.20. The van der Waals surface area contributed by atoms with E-state index in [1.165, 1.54) is 4.91 Å². The first-order chi connectivity index (χ1) is 10.6. The van der Waals surface area contributed by atoms with Gasteiger partial charge in [-0.3, -0.25) is 0 Å². The molecule has 22 heavy (non-hydrogen) atoms. The van der Waals surface area contributed by atoms with Crippen LogP contribution in [-0.4, -0.2) is 10.5 Å². The first-order valence-corrected chi connectivity index (χ1v) is 8.09. The van der Waals surface area contributed by atoms with Crippen molar-refractivity contribution in [1.29, 1.82) is 0 Å². The van der Waals surface area contributed by atoms with Crippen molar-refractivity contribution in [3.05, 3.63) is 58.2 Å². The number of nitrogens with zero attached hydrogens (tertiary/aromatic N) is 2. The van der Waals surface area contributed by atoms with Gasteiger partial charge in [-0.05, 0) is 26.0 Å². The van der Waals surface area contributed by atoms with Crippen molar-refractivity contribution in [2.24, 2.45) is 5.73 Å². The van der Waals surface area contributed by atoms with E-state index in [1.54, 1.807) is 24.0 Å². The van der Waals surface area contributed by atoms with Crippen LogP contribution in [-0.2, 0) is 0 Å². The Labute approximate surface area is 138 Å². The molecule has 114 valence electrons. The average Bonchev–Trinajstić information content (AvgIpc) is 2.74. The van der Waals surface area contributed by atoms with Crippen LogP contribution >= 0.6 is 23.4 Å². The number of para-hydroxylation sites is 1. The lowest BCUT2D eigenvalue weighted by atomic mass is 10.3. The van der Waals surface area contributed by atoms with Gasteiger partial charge in [-0.1, -0.05) is 41.6 Å². The fraction of sp³-hybridized carbons (Fsp3) is 0.188. The van der Waals surface area contributed by atoms with Crippen LogP contribution in [0.1, 0.15) is 13.8 Å². The minimum absolute atomic E-state index is 0.216. The maximum absolute atomic E-state index is 6.21. The maximum atomic E-state index is 6.21. The number of allylic oxidation sites excluding steroid dienone is 2. The molecule has 0 aliphatic carbocycles. The van der Waals surface area contributed by atoms with Gasteiger partial charge in [-0.2, -0.15) is 0 Å². The van der Waals surface area contributed by atoms with Gasteiger partial charge in [-0.15, -0.1) is 0 Å². The Balaban J connectivity index is 2.02. The Morgan fingerprint density at radius 3 is 2.64 bits per heavy atom. The van der Waals surface area contributed by atoms with Crippen LogP contribution in [0.3, 0.4) is 0 Å². The van der Waals surface area contributed by atoms with Crippen LogP contribution < -0.4 is 15.4 Å². The molecule has 0 radical (unpaired) electrons. The molecule has 0 saturated carbocycles. The highest BCUT2D eigenvalue weighted by molar-refractivity contribution is 8.04. The lowest BCUT2D eigenvalue weighted by molar-refractivity contribution is 0.479. The van der Waals surface area contributed by atoms with Gasteiger partial charge >= 0.3 is 0 Å². The molecule has 3 rings (SSSR count). The molecular weight excluding hydrogens is 318 g/mol. The van der Waals surface area contributed by atoms with Gasteiger partial charge in [0, 0.05) is 22.9 Å². The molecule has 0 saturated heterocycles. The number of anilines is 1. The van der Waals surface area contributed by atoms with Crippen molar-refractivity contribution >= 4 is 29.2 Å². The molecule has 1 aromatic heterocycles. The Kier molecular flexibility index (Phi) is 4.29. The van der Waals surface area contributed by atoms with Crippen LogP contribution in [0.5, 0.6) is 11.5 Å². The molecule has 1 atom stereocenters. The molecule has 0 amide bonds. The Morgan fingerprint density at radius 2 is 2.00 bits per heavy atom. The van der Waals surface area contributed by atoms with Crippen LogP contribution in [0, 0.1) is 0 Å². The molecule has 2 aromatic rings. The van der Waals surface area contributed by atoms with Gasteiger partial charge in [0.15, 0.2) is 11.6 Å². The molecule has 0 fully saturated rings. The summed E-state index contributed by atoms with van der Waals surface area (Å²) < 4.78 is 5.96. The number of rotatable bonds is 3. The quantitative estimate of drug-likeness (QED) is 0.891. The number of hydrogen-bond donors (Lipinski definition) is 1. The lowest BCUT2D eigenvalue weighted by Gasteiger charge is -2.25. The zero-order valence-electron chi connectivity index (χ0n) is 12.3. The molecule has 0 spiro atoms. The van der Waals surface area contributed by atoms with E-state index in [2.05, 4.69) is 4.98 Å². The highest BCUT2D eigenvalue weighted by Crippen LogP contribution is 2.42. The number of benzene rings is 1. The number of aromatic nitrogens is 1. The summed E-state index contributed by atoms with van der Waals surface area (Å²) in [6, 6.07) is 11.3. The predicted octanol–water partition coefficient (Wildman–Crippen LogP) is 4.57. The number of ether oxygens (including phenoxy) is 1. The van der Waals surface area contributed by atoms with E-state index >= 15 is 0 Å². The van der Waals surface area contributed by atoms with Crippen molar-refractivity contribution in [2.75, 3.05) is 4.90 Å². The second-order valence-electron chi connectivity index (χ2n) is 4.91. The highest BCUT2D eigenvalue weighted by Gasteiger charge is 2.30. The van der Waals surface area contributed by atoms with Gasteiger partial charge in [0.25, 0.3) is 0 Å². The van der Waals surface area contributed by atoms with Crippen molar-refractivity contribution in [1.82, 2.24) is 4.98 Å². The number of halogens is 1. The van der Waals surface area contributed by atoms with Crippen LogP contribution in [0.25, 0.3) is 0 Å². The molecule has 1 aliphatic heterocycles. The summed E-state index contributed by atoms with van der Waals surface area (Å²) in [5.41, 5.74) is 7.07. The van der Waals surface area contributed by atoms with E-state index in [9.17, 15) is 0 Å². The molecule has 2 N–H and O–H groups in total. The first kappa shape index (κ1) is 15.2. The zero-order valence-corrected chi connectivity index (χ0v) is 13.9. The van der Waals surface area contributed by atoms with E-state index in [0.29, 0.717) is 16.6 Å². The highest BCUT2D eigenvalue weighted by atomic mass is 35.5. The fourth-order valence-electron chi connectivity index (χ4n) is 2.24. The summed E-state index contributed by atoms with van der Waals surface area (Å²) in [5.74, 6) is 1.98. The normalized spacial score (nSPS) is 18.0. The smallest absolute Gasteiger partial charge is 0.178 e. The number of nitrogens with two attached hydrogens (primary N) is 1. The molecule has 1 aliphatic rings. The first-order valence-electron chi connectivity index (χ1n) is 6.83. The zero-order chi connectivity index (χ0) is 15.7. The number of pyridine rings is 1. The van der Waals surface area contributed by atoms with Crippen molar-refractivity contribution in [2.45, 2.75) is 19.3 Å².